The molecule has 0 aliphatic carbocycles. The van der Waals surface area contributed by atoms with Gasteiger partial charge in [0.1, 0.15) is 23.4 Å². The van der Waals surface area contributed by atoms with Crippen LogP contribution in [0.15, 0.2) is 18.2 Å². The molecule has 0 aromatic heterocycles. The Kier molecular flexibility index (Phi) is 3.58. The number of halogens is 3. The zero-order valence-corrected chi connectivity index (χ0v) is 14.7. The van der Waals surface area contributed by atoms with Crippen molar-refractivity contribution in [2.45, 2.75) is 43.4 Å². The predicted octanol–water partition coefficient (Wildman–Crippen LogP) is 1.64. The molecule has 1 aromatic carbocycles. The highest BCUT2D eigenvalue weighted by molar-refractivity contribution is 6.23. The number of ether oxygens (including phenoxy) is 1. The summed E-state index contributed by atoms with van der Waals surface area (Å²) in [6, 6.07) is 2.59. The summed E-state index contributed by atoms with van der Waals surface area (Å²) in [5, 5.41) is 20.6. The molecule has 3 heterocycles. The van der Waals surface area contributed by atoms with Crippen LogP contribution in [0.4, 0.5) is 24.5 Å². The highest BCUT2D eigenvalue weighted by Gasteiger charge is 2.79. The van der Waals surface area contributed by atoms with Gasteiger partial charge < -0.3 is 14.9 Å². The molecule has 4 rings (SSSR count). The maximum Gasteiger partial charge on any atom is 0.407 e. The molecule has 2 N–H and O–H groups in total. The summed E-state index contributed by atoms with van der Waals surface area (Å²) in [5.41, 5.74) is -5.30. The fourth-order valence-electron chi connectivity index (χ4n) is 4.78. The van der Waals surface area contributed by atoms with E-state index in [1.54, 1.807) is 0 Å². The first-order chi connectivity index (χ1) is 12.9. The molecule has 6 atom stereocenters. The molecule has 0 spiro atoms. The first-order valence-electron chi connectivity index (χ1n) is 8.40. The van der Waals surface area contributed by atoms with Crippen molar-refractivity contribution >= 4 is 23.2 Å². The number of nitrogens with zero attached hydrogens (tertiary/aromatic N) is 2. The second-order valence-corrected chi connectivity index (χ2v) is 7.64. The number of benzene rings is 1. The molecule has 1 aromatic rings. The van der Waals surface area contributed by atoms with Gasteiger partial charge in [-0.15, -0.1) is 0 Å². The van der Waals surface area contributed by atoms with Gasteiger partial charge in [-0.25, -0.2) is 9.74 Å². The SMILES string of the molecule is [C-]#[N+]c1ccc(N2C(=O)[C@@H]3[C@H](C2=O)C2(C)OC3(C)[C@H](O)[C@H]2O)cc1C(F)(F)F. The number of hydrogen-bond acceptors (Lipinski definition) is 5. The lowest BCUT2D eigenvalue weighted by atomic mass is 9.66. The third kappa shape index (κ3) is 2.04. The van der Waals surface area contributed by atoms with Gasteiger partial charge in [-0.3, -0.25) is 9.59 Å². The van der Waals surface area contributed by atoms with Crippen molar-refractivity contribution in [3.05, 3.63) is 35.2 Å². The van der Waals surface area contributed by atoms with E-state index in [9.17, 15) is 33.0 Å². The molecule has 2 unspecified atom stereocenters. The number of fused-ring (bicyclic) bond motifs is 5. The fraction of sp³-hybridized carbons (Fsp3) is 0.500. The normalized spacial score (nSPS) is 39.4. The molecule has 2 amide bonds. The van der Waals surface area contributed by atoms with Crippen molar-refractivity contribution in [1.82, 2.24) is 0 Å². The molecular weight excluding hydrogens is 381 g/mol. The van der Waals surface area contributed by atoms with Gasteiger partial charge in [0.25, 0.3) is 0 Å². The van der Waals surface area contributed by atoms with Crippen LogP contribution in [0.1, 0.15) is 19.4 Å². The Hall–Kier alpha value is -2.48. The largest absolute Gasteiger partial charge is 0.407 e. The highest BCUT2D eigenvalue weighted by Crippen LogP contribution is 2.61. The number of amides is 2. The van der Waals surface area contributed by atoms with Gasteiger partial charge in [0.15, 0.2) is 5.69 Å². The molecule has 2 bridgehead atoms. The van der Waals surface area contributed by atoms with E-state index in [-0.39, 0.29) is 5.69 Å². The maximum atomic E-state index is 13.3. The lowest BCUT2D eigenvalue weighted by molar-refractivity contribution is -0.137. The van der Waals surface area contributed by atoms with Gasteiger partial charge in [0.2, 0.25) is 11.8 Å². The van der Waals surface area contributed by atoms with Gasteiger partial charge in [-0.05, 0) is 26.0 Å². The van der Waals surface area contributed by atoms with Gasteiger partial charge in [0, 0.05) is 5.69 Å². The monoisotopic (exact) mass is 396 g/mol. The minimum atomic E-state index is -4.84. The van der Waals surface area contributed by atoms with Crippen LogP contribution >= 0.6 is 0 Å². The number of anilines is 1. The van der Waals surface area contributed by atoms with Crippen LogP contribution in [0.5, 0.6) is 0 Å². The summed E-state index contributed by atoms with van der Waals surface area (Å²) in [7, 11) is 0. The number of aliphatic hydroxyl groups excluding tert-OH is 2. The Labute approximate surface area is 157 Å². The number of rotatable bonds is 1. The Bertz CT molecular complexity index is 920. The number of carbonyl (C=O) groups is 2. The summed E-state index contributed by atoms with van der Waals surface area (Å²) in [6.07, 6.45) is -7.69. The molecule has 3 saturated heterocycles. The van der Waals surface area contributed by atoms with E-state index in [1.807, 2.05) is 0 Å². The summed E-state index contributed by atoms with van der Waals surface area (Å²) in [5.74, 6) is -3.90. The molecule has 148 valence electrons. The average Bonchev–Trinajstić information content (AvgIpc) is 3.10. The summed E-state index contributed by atoms with van der Waals surface area (Å²) >= 11 is 0. The zero-order chi connectivity index (χ0) is 20.8. The lowest BCUT2D eigenvalue weighted by Crippen LogP contribution is -2.57. The predicted molar refractivity (Wildman–Crippen MR) is 87.1 cm³/mol. The van der Waals surface area contributed by atoms with Crippen LogP contribution in [0.3, 0.4) is 0 Å². The third-order valence-electron chi connectivity index (χ3n) is 6.12. The molecule has 10 heteroatoms. The van der Waals surface area contributed by atoms with Crippen molar-refractivity contribution in [2.24, 2.45) is 11.8 Å². The van der Waals surface area contributed by atoms with Crippen molar-refractivity contribution in [2.75, 3.05) is 4.90 Å². The smallest absolute Gasteiger partial charge is 0.387 e. The number of imide groups is 1. The van der Waals surface area contributed by atoms with E-state index >= 15 is 0 Å². The highest BCUT2D eigenvalue weighted by atomic mass is 19.4. The Morgan fingerprint density at radius 2 is 1.61 bits per heavy atom. The van der Waals surface area contributed by atoms with Gasteiger partial charge in [-0.2, -0.15) is 13.2 Å². The van der Waals surface area contributed by atoms with E-state index in [0.717, 1.165) is 12.1 Å². The van der Waals surface area contributed by atoms with Crippen molar-refractivity contribution in [3.8, 4) is 0 Å². The Morgan fingerprint density at radius 3 is 2.04 bits per heavy atom. The Morgan fingerprint density at radius 1 is 1.11 bits per heavy atom. The van der Waals surface area contributed by atoms with E-state index in [0.29, 0.717) is 11.0 Å². The van der Waals surface area contributed by atoms with E-state index in [1.165, 1.54) is 13.8 Å². The van der Waals surface area contributed by atoms with E-state index < -0.39 is 64.5 Å². The maximum absolute atomic E-state index is 13.3. The van der Waals surface area contributed by atoms with Crippen LogP contribution in [0.2, 0.25) is 0 Å². The Balaban J connectivity index is 1.82. The van der Waals surface area contributed by atoms with Crippen molar-refractivity contribution in [3.63, 3.8) is 0 Å². The van der Waals surface area contributed by atoms with Gasteiger partial charge >= 0.3 is 6.18 Å². The third-order valence-corrected chi connectivity index (χ3v) is 6.12. The zero-order valence-electron chi connectivity index (χ0n) is 14.7. The summed E-state index contributed by atoms with van der Waals surface area (Å²) < 4.78 is 45.5. The topological polar surface area (TPSA) is 91.4 Å². The van der Waals surface area contributed by atoms with Crippen LogP contribution in [0.25, 0.3) is 4.85 Å². The molecule has 0 radical (unpaired) electrons. The first-order valence-corrected chi connectivity index (χ1v) is 8.40. The first kappa shape index (κ1) is 18.9. The fourth-order valence-corrected chi connectivity index (χ4v) is 4.78. The number of alkyl halides is 3. The second-order valence-electron chi connectivity index (χ2n) is 7.64. The van der Waals surface area contributed by atoms with E-state index in [4.69, 9.17) is 11.3 Å². The second kappa shape index (κ2) is 5.31. The average molecular weight is 396 g/mol. The lowest BCUT2D eigenvalue weighted by Gasteiger charge is -2.35. The van der Waals surface area contributed by atoms with Gasteiger partial charge in [0.05, 0.1) is 24.0 Å². The van der Waals surface area contributed by atoms with Crippen LogP contribution < -0.4 is 4.90 Å². The van der Waals surface area contributed by atoms with Crippen LogP contribution in [-0.2, 0) is 20.5 Å². The minimum absolute atomic E-state index is 0.320. The van der Waals surface area contributed by atoms with Gasteiger partial charge in [-0.1, -0.05) is 6.07 Å². The number of hydrogen-bond donors (Lipinski definition) is 2. The molecule has 28 heavy (non-hydrogen) atoms. The minimum Gasteiger partial charge on any atom is -0.387 e. The van der Waals surface area contributed by atoms with Crippen molar-refractivity contribution < 1.29 is 37.7 Å². The quantitative estimate of drug-likeness (QED) is 0.556. The molecule has 3 aliphatic rings. The molecular formula is C18H15F3N2O5. The van der Waals surface area contributed by atoms with Crippen molar-refractivity contribution in [1.29, 1.82) is 0 Å². The standard InChI is InChI=1S/C18H15F3N2O5/c1-16-10-11(17(2,28-16)13(25)12(16)24)15(27)23(14(10)26)7-4-5-9(22-3)8(6-7)18(19,20)21/h4-6,10-13,24-25H,1-2H3/t10-,11+,12-,13-,16?,17?/m1/s1. The molecule has 0 saturated carbocycles. The molecule has 3 fully saturated rings. The molecule has 7 nitrogen and oxygen atoms in total. The van der Waals surface area contributed by atoms with Crippen LogP contribution in [0, 0.1) is 18.4 Å². The summed E-state index contributed by atoms with van der Waals surface area (Å²) in [6.45, 7) is 9.68. The van der Waals surface area contributed by atoms with E-state index in [2.05, 4.69) is 4.85 Å². The van der Waals surface area contributed by atoms with Crippen LogP contribution in [-0.4, -0.2) is 45.4 Å². The number of aliphatic hydroxyl groups is 2. The summed E-state index contributed by atoms with van der Waals surface area (Å²) in [4.78, 5) is 29.4. The number of carbonyl (C=O) groups excluding carboxylic acids is 2. The molecule has 3 aliphatic heterocycles.